The van der Waals surface area contributed by atoms with E-state index in [1.54, 1.807) is 19.9 Å². The number of hydrogen-bond donors (Lipinski definition) is 1. The third-order valence-electron chi connectivity index (χ3n) is 4.48. The number of benzene rings is 1. The first kappa shape index (κ1) is 20.3. The van der Waals surface area contributed by atoms with E-state index in [0.717, 1.165) is 6.42 Å². The number of aromatic carboxylic acids is 1. The second-order valence-electron chi connectivity index (χ2n) is 6.82. The second kappa shape index (κ2) is 7.91. The lowest BCUT2D eigenvalue weighted by Crippen LogP contribution is -2.29. The highest BCUT2D eigenvalue weighted by atomic mass is 31.2. The molecule has 1 aliphatic rings. The molecule has 1 aromatic heterocycles. The monoisotopic (exact) mass is 404 g/mol. The first-order chi connectivity index (χ1) is 13.2. The minimum absolute atomic E-state index is 0.00155. The van der Waals surface area contributed by atoms with Crippen LogP contribution < -0.4 is 5.30 Å². The van der Waals surface area contributed by atoms with Crippen molar-refractivity contribution >= 4 is 25.3 Å². The molecule has 1 N–H and O–H groups in total. The van der Waals surface area contributed by atoms with Crippen LogP contribution in [0.3, 0.4) is 0 Å². The number of nitro groups is 1. The Kier molecular flexibility index (Phi) is 5.74. The number of nitro benzene ring substituents is 1. The van der Waals surface area contributed by atoms with Gasteiger partial charge in [0.2, 0.25) is 8.38 Å². The average molecular weight is 404 g/mol. The van der Waals surface area contributed by atoms with Crippen LogP contribution in [0.2, 0.25) is 0 Å². The summed E-state index contributed by atoms with van der Waals surface area (Å²) >= 11 is 0. The van der Waals surface area contributed by atoms with Crippen LogP contribution in [0.5, 0.6) is 0 Å². The van der Waals surface area contributed by atoms with E-state index in [1.165, 1.54) is 18.2 Å². The molecule has 1 fully saturated rings. The summed E-state index contributed by atoms with van der Waals surface area (Å²) in [7, 11) is -1.58. The van der Waals surface area contributed by atoms with Gasteiger partial charge in [-0.3, -0.25) is 15.1 Å². The molecule has 0 aliphatic carbocycles. The van der Waals surface area contributed by atoms with E-state index < -0.39 is 19.3 Å². The fourth-order valence-corrected chi connectivity index (χ4v) is 5.22. The van der Waals surface area contributed by atoms with Gasteiger partial charge < -0.3 is 14.2 Å². The lowest BCUT2D eigenvalue weighted by molar-refractivity contribution is -0.384. The van der Waals surface area contributed by atoms with Gasteiger partial charge >= 0.3 is 5.97 Å². The van der Waals surface area contributed by atoms with Crippen LogP contribution in [-0.4, -0.2) is 33.2 Å². The predicted octanol–water partition coefficient (Wildman–Crippen LogP) is 4.12. The van der Waals surface area contributed by atoms with Crippen molar-refractivity contribution in [2.45, 2.75) is 46.3 Å². The summed E-state index contributed by atoms with van der Waals surface area (Å²) in [4.78, 5) is 27.2. The maximum atomic E-state index is 12.1. The van der Waals surface area contributed by atoms with Crippen molar-refractivity contribution in [2.24, 2.45) is 0 Å². The van der Waals surface area contributed by atoms with Crippen molar-refractivity contribution in [1.82, 2.24) is 4.98 Å². The maximum Gasteiger partial charge on any atom is 0.338 e. The zero-order valence-corrected chi connectivity index (χ0v) is 16.9. The Morgan fingerprint density at radius 2 is 1.89 bits per heavy atom. The molecule has 2 atom stereocenters. The Morgan fingerprint density at radius 3 is 2.46 bits per heavy atom. The number of non-ortho nitro benzene ring substituents is 1. The zero-order chi connectivity index (χ0) is 20.6. The molecule has 0 bridgehead atoms. The summed E-state index contributed by atoms with van der Waals surface area (Å²) in [5.74, 6) is -1.15. The molecular weight excluding hydrogens is 383 g/mol. The van der Waals surface area contributed by atoms with E-state index in [1.807, 2.05) is 13.8 Å². The summed E-state index contributed by atoms with van der Waals surface area (Å²) in [6.07, 6.45) is 0.623. The van der Waals surface area contributed by atoms with Crippen LogP contribution in [-0.2, 0) is 9.05 Å². The smallest absolute Gasteiger partial charge is 0.338 e. The summed E-state index contributed by atoms with van der Waals surface area (Å²) < 4.78 is 12.0. The molecule has 1 aromatic carbocycles. The number of hydrogen-bond acceptors (Lipinski definition) is 6. The fourth-order valence-electron chi connectivity index (χ4n) is 3.39. The Bertz CT molecular complexity index is 938. The number of rotatable bonds is 4. The van der Waals surface area contributed by atoms with Crippen LogP contribution in [0.1, 0.15) is 42.0 Å². The molecule has 0 spiro atoms. The number of aryl methyl sites for hydroxylation is 2. The highest BCUT2D eigenvalue weighted by molar-refractivity contribution is 7.56. The van der Waals surface area contributed by atoms with Crippen molar-refractivity contribution in [1.29, 1.82) is 0 Å². The first-order valence-corrected chi connectivity index (χ1v) is 9.99. The number of carboxylic acids is 1. The molecule has 8 nitrogen and oxygen atoms in total. The Hall–Kier alpha value is -2.41. The largest absolute Gasteiger partial charge is 0.478 e. The molecule has 148 valence electrons. The van der Waals surface area contributed by atoms with Crippen molar-refractivity contribution in [3.63, 3.8) is 0 Å². The van der Waals surface area contributed by atoms with Crippen molar-refractivity contribution in [3.8, 4) is 11.1 Å². The van der Waals surface area contributed by atoms with Crippen LogP contribution in [0, 0.1) is 24.0 Å². The van der Waals surface area contributed by atoms with Gasteiger partial charge in [-0.05, 0) is 33.3 Å². The topological polar surface area (TPSA) is 112 Å². The fraction of sp³-hybridized carbons (Fsp3) is 0.368. The van der Waals surface area contributed by atoms with Gasteiger partial charge in [-0.1, -0.05) is 12.1 Å². The van der Waals surface area contributed by atoms with E-state index in [2.05, 4.69) is 4.98 Å². The third-order valence-corrected chi connectivity index (χ3v) is 6.50. The van der Waals surface area contributed by atoms with Gasteiger partial charge in [-0.25, -0.2) is 4.79 Å². The predicted molar refractivity (Wildman–Crippen MR) is 105 cm³/mol. The van der Waals surface area contributed by atoms with E-state index >= 15 is 0 Å². The Morgan fingerprint density at radius 1 is 1.25 bits per heavy atom. The summed E-state index contributed by atoms with van der Waals surface area (Å²) in [5.41, 5.74) is 1.61. The highest BCUT2D eigenvalue weighted by Crippen LogP contribution is 2.49. The first-order valence-electron chi connectivity index (χ1n) is 8.82. The Balaban J connectivity index is 2.30. The minimum atomic E-state index is -1.58. The number of pyridine rings is 1. The van der Waals surface area contributed by atoms with Gasteiger partial charge in [-0.15, -0.1) is 0 Å². The minimum Gasteiger partial charge on any atom is -0.478 e. The molecule has 3 rings (SSSR count). The molecule has 28 heavy (non-hydrogen) atoms. The summed E-state index contributed by atoms with van der Waals surface area (Å²) in [5, 5.41) is 21.6. The van der Waals surface area contributed by atoms with Gasteiger partial charge in [0.05, 0.1) is 39.4 Å². The normalized spacial score (nSPS) is 22.1. The average Bonchev–Trinajstić information content (AvgIpc) is 2.59. The van der Waals surface area contributed by atoms with Gasteiger partial charge in [0.25, 0.3) is 5.69 Å². The molecule has 0 amide bonds. The van der Waals surface area contributed by atoms with Crippen molar-refractivity contribution in [2.75, 3.05) is 0 Å². The molecule has 2 unspecified atom stereocenters. The molecule has 2 aromatic rings. The molecule has 1 saturated heterocycles. The van der Waals surface area contributed by atoms with E-state index in [9.17, 15) is 20.0 Å². The van der Waals surface area contributed by atoms with Crippen LogP contribution in [0.25, 0.3) is 11.1 Å². The van der Waals surface area contributed by atoms with Gasteiger partial charge in [-0.2, -0.15) is 0 Å². The van der Waals surface area contributed by atoms with Gasteiger partial charge in [0.15, 0.2) is 0 Å². The van der Waals surface area contributed by atoms with Gasteiger partial charge in [0, 0.05) is 24.1 Å². The standard InChI is InChI=1S/C19H21N2O6P/c1-10-8-11(2)27-28(26-10)18-13(4)20-12(3)16(19(22)23)17(18)14-6-5-7-15(9-14)21(24)25/h5-7,9-11H,8H2,1-4H3,(H,22,23). The highest BCUT2D eigenvalue weighted by Gasteiger charge is 2.34. The summed E-state index contributed by atoms with van der Waals surface area (Å²) in [6, 6.07) is 5.93. The lowest BCUT2D eigenvalue weighted by Gasteiger charge is -2.33. The van der Waals surface area contributed by atoms with E-state index in [-0.39, 0.29) is 23.5 Å². The van der Waals surface area contributed by atoms with Crippen LogP contribution in [0.4, 0.5) is 5.69 Å². The second-order valence-corrected chi connectivity index (χ2v) is 8.20. The molecule has 1 aliphatic heterocycles. The maximum absolute atomic E-state index is 12.1. The molecule has 2 heterocycles. The van der Waals surface area contributed by atoms with E-state index in [4.69, 9.17) is 9.05 Å². The van der Waals surface area contributed by atoms with Crippen LogP contribution in [0.15, 0.2) is 24.3 Å². The Labute approximate surface area is 163 Å². The van der Waals surface area contributed by atoms with Gasteiger partial charge in [0.1, 0.15) is 0 Å². The third kappa shape index (κ3) is 3.90. The lowest BCUT2D eigenvalue weighted by atomic mass is 9.97. The van der Waals surface area contributed by atoms with Crippen molar-refractivity contribution in [3.05, 3.63) is 51.3 Å². The summed E-state index contributed by atoms with van der Waals surface area (Å²) in [6.45, 7) is 7.27. The number of nitrogens with zero attached hydrogens (tertiary/aromatic N) is 2. The van der Waals surface area contributed by atoms with E-state index in [0.29, 0.717) is 27.8 Å². The number of carbonyl (C=O) groups is 1. The zero-order valence-electron chi connectivity index (χ0n) is 16.0. The number of carboxylic acid groups (broad SMARTS) is 1. The molecular formula is C19H21N2O6P. The van der Waals surface area contributed by atoms with Crippen molar-refractivity contribution < 1.29 is 23.9 Å². The quantitative estimate of drug-likeness (QED) is 0.463. The SMILES string of the molecule is Cc1nc(C)c(P2OC(C)CC(C)O2)c(-c2cccc([N+](=O)[O-])c2)c1C(=O)O. The molecule has 0 radical (unpaired) electrons. The molecule has 9 heteroatoms. The number of aromatic nitrogens is 1. The molecule has 0 saturated carbocycles. The van der Waals surface area contributed by atoms with Crippen LogP contribution >= 0.6 is 8.38 Å².